The van der Waals surface area contributed by atoms with Crippen LogP contribution in [0.3, 0.4) is 0 Å². The monoisotopic (exact) mass is 276 g/mol. The van der Waals surface area contributed by atoms with Gasteiger partial charge >= 0.3 is 0 Å². The second-order valence-electron chi connectivity index (χ2n) is 5.68. The van der Waals surface area contributed by atoms with Crippen molar-refractivity contribution in [2.45, 2.75) is 45.4 Å². The number of carbonyl (C=O) groups excluding carboxylic acids is 1. The van der Waals surface area contributed by atoms with Crippen LogP contribution in [0, 0.1) is 11.8 Å². The summed E-state index contributed by atoms with van der Waals surface area (Å²) in [6.07, 6.45) is 7.16. The number of rotatable bonds is 4. The largest absolute Gasteiger partial charge is 0.272 e. The quantitative estimate of drug-likeness (QED) is 0.839. The van der Waals surface area contributed by atoms with Crippen LogP contribution in [0.1, 0.15) is 54.3 Å². The van der Waals surface area contributed by atoms with Gasteiger partial charge in [0.1, 0.15) is 0 Å². The molecule has 0 saturated heterocycles. The topological polar surface area (TPSA) is 41.5 Å². The molecule has 2 fully saturated rings. The minimum Gasteiger partial charge on any atom is -0.267 e. The number of nitrogens with zero attached hydrogens (tertiary/aromatic N) is 1. The Kier molecular flexibility index (Phi) is 3.69. The molecule has 1 N–H and O–H groups in total. The molecule has 0 aliphatic heterocycles. The van der Waals surface area contributed by atoms with Crippen LogP contribution in [0.15, 0.2) is 16.5 Å². The van der Waals surface area contributed by atoms with Crippen LogP contribution in [0.2, 0.25) is 0 Å². The third-order valence-corrected chi connectivity index (χ3v) is 5.22. The Balaban J connectivity index is 1.60. The molecule has 1 aromatic heterocycles. The number of thiophene rings is 1. The summed E-state index contributed by atoms with van der Waals surface area (Å²) >= 11 is 1.66. The van der Waals surface area contributed by atoms with Crippen molar-refractivity contribution in [3.05, 3.63) is 21.9 Å². The second kappa shape index (κ2) is 5.45. The lowest BCUT2D eigenvalue weighted by Gasteiger charge is -2.11. The number of nitrogens with one attached hydrogen (secondary N) is 1. The highest BCUT2D eigenvalue weighted by atomic mass is 32.1. The molecule has 0 radical (unpaired) electrons. The van der Waals surface area contributed by atoms with Gasteiger partial charge in [0.15, 0.2) is 0 Å². The summed E-state index contributed by atoms with van der Waals surface area (Å²) in [4.78, 5) is 13.3. The molecule has 3 nitrogen and oxygen atoms in total. The summed E-state index contributed by atoms with van der Waals surface area (Å²) in [6, 6.07) is 1.99. The van der Waals surface area contributed by atoms with Gasteiger partial charge in [0.2, 0.25) is 0 Å². The zero-order chi connectivity index (χ0) is 13.2. The van der Waals surface area contributed by atoms with Crippen molar-refractivity contribution in [2.24, 2.45) is 16.9 Å². The van der Waals surface area contributed by atoms with Gasteiger partial charge in [-0.15, -0.1) is 11.3 Å². The molecule has 2 aliphatic carbocycles. The van der Waals surface area contributed by atoms with Crippen LogP contribution in [-0.4, -0.2) is 11.6 Å². The number of hydrogen-bond acceptors (Lipinski definition) is 3. The summed E-state index contributed by atoms with van der Waals surface area (Å²) in [5.41, 5.74) is 4.70. The first-order valence-electron chi connectivity index (χ1n) is 7.20. The molecule has 1 amide bonds. The van der Waals surface area contributed by atoms with Crippen molar-refractivity contribution in [2.75, 3.05) is 0 Å². The maximum atomic E-state index is 12.0. The van der Waals surface area contributed by atoms with Crippen molar-refractivity contribution in [3.63, 3.8) is 0 Å². The van der Waals surface area contributed by atoms with Gasteiger partial charge in [0, 0.05) is 16.0 Å². The van der Waals surface area contributed by atoms with Gasteiger partial charge in [-0.05, 0) is 50.0 Å². The molecule has 2 aliphatic rings. The highest BCUT2D eigenvalue weighted by Gasteiger charge is 2.36. The number of hydrogen-bond donors (Lipinski definition) is 1. The maximum absolute atomic E-state index is 12.0. The van der Waals surface area contributed by atoms with E-state index >= 15 is 0 Å². The fraction of sp³-hybridized carbons (Fsp3) is 0.600. The van der Waals surface area contributed by atoms with E-state index < -0.39 is 0 Å². The zero-order valence-electron chi connectivity index (χ0n) is 11.3. The molecule has 1 heterocycles. The van der Waals surface area contributed by atoms with Crippen LogP contribution < -0.4 is 5.43 Å². The van der Waals surface area contributed by atoms with Crippen LogP contribution in [0.4, 0.5) is 0 Å². The highest BCUT2D eigenvalue weighted by molar-refractivity contribution is 7.10. The van der Waals surface area contributed by atoms with Crippen LogP contribution in [0.5, 0.6) is 0 Å². The van der Waals surface area contributed by atoms with Gasteiger partial charge in [-0.2, -0.15) is 5.10 Å². The molecule has 2 bridgehead atoms. The lowest BCUT2D eigenvalue weighted by atomic mass is 9.99. The molecule has 1 aromatic rings. The number of aryl methyl sites for hydroxylation is 1. The average Bonchev–Trinajstić information content (AvgIpc) is 3.12. The number of carbonyl (C=O) groups is 1. The first-order chi connectivity index (χ1) is 9.26. The van der Waals surface area contributed by atoms with Gasteiger partial charge in [0.25, 0.3) is 5.91 Å². The third kappa shape index (κ3) is 2.73. The molecular formula is C15H20N2OS. The fourth-order valence-corrected chi connectivity index (χ4v) is 4.20. The molecule has 2 atom stereocenters. The predicted octanol–water partition coefficient (Wildman–Crippen LogP) is 3.61. The van der Waals surface area contributed by atoms with E-state index in [0.717, 1.165) is 30.7 Å². The summed E-state index contributed by atoms with van der Waals surface area (Å²) in [5.74, 6) is 1.41. The fourth-order valence-electron chi connectivity index (χ4n) is 3.23. The predicted molar refractivity (Wildman–Crippen MR) is 78.7 cm³/mol. The standard InChI is InChI=1S/C15H20N2OS/c1-2-3-13-8-12(9-19-13)15(18)17-16-14-7-10-4-5-11(14)6-10/h8-11H,2-7H2,1H3,(H,17,18). The van der Waals surface area contributed by atoms with Crippen molar-refractivity contribution in [3.8, 4) is 0 Å². The Labute approximate surface area is 118 Å². The Morgan fingerprint density at radius 2 is 2.42 bits per heavy atom. The van der Waals surface area contributed by atoms with E-state index in [0.29, 0.717) is 5.92 Å². The van der Waals surface area contributed by atoms with E-state index in [1.165, 1.54) is 29.9 Å². The first kappa shape index (κ1) is 12.9. The third-order valence-electron chi connectivity index (χ3n) is 4.22. The molecule has 19 heavy (non-hydrogen) atoms. The molecule has 3 rings (SSSR count). The normalized spacial score (nSPS) is 27.1. The summed E-state index contributed by atoms with van der Waals surface area (Å²) in [6.45, 7) is 2.15. The van der Waals surface area contributed by atoms with E-state index in [-0.39, 0.29) is 5.91 Å². The summed E-state index contributed by atoms with van der Waals surface area (Å²) < 4.78 is 0. The number of fused-ring (bicyclic) bond motifs is 2. The van der Waals surface area contributed by atoms with Gasteiger partial charge in [-0.3, -0.25) is 4.79 Å². The van der Waals surface area contributed by atoms with E-state index in [2.05, 4.69) is 17.5 Å². The van der Waals surface area contributed by atoms with Crippen molar-refractivity contribution >= 4 is 23.0 Å². The maximum Gasteiger partial charge on any atom is 0.272 e. The first-order valence-corrected chi connectivity index (χ1v) is 8.08. The Hall–Kier alpha value is -1.16. The van der Waals surface area contributed by atoms with E-state index in [1.807, 2.05) is 11.4 Å². The van der Waals surface area contributed by atoms with Gasteiger partial charge in [0.05, 0.1) is 5.56 Å². The highest BCUT2D eigenvalue weighted by Crippen LogP contribution is 2.42. The molecule has 0 spiro atoms. The Morgan fingerprint density at radius 1 is 1.53 bits per heavy atom. The van der Waals surface area contributed by atoms with E-state index in [4.69, 9.17) is 0 Å². The van der Waals surface area contributed by atoms with Crippen LogP contribution >= 0.6 is 11.3 Å². The molecule has 2 unspecified atom stereocenters. The number of amides is 1. The van der Waals surface area contributed by atoms with E-state index in [1.54, 1.807) is 11.3 Å². The smallest absolute Gasteiger partial charge is 0.267 e. The zero-order valence-corrected chi connectivity index (χ0v) is 12.1. The molecule has 102 valence electrons. The number of hydrazone groups is 1. The molecule has 0 aromatic carbocycles. The minimum absolute atomic E-state index is 0.0612. The van der Waals surface area contributed by atoms with Crippen molar-refractivity contribution in [1.82, 2.24) is 5.43 Å². The molecule has 4 heteroatoms. The lowest BCUT2D eigenvalue weighted by Crippen LogP contribution is -2.21. The lowest BCUT2D eigenvalue weighted by molar-refractivity contribution is 0.0955. The van der Waals surface area contributed by atoms with Gasteiger partial charge < -0.3 is 0 Å². The average molecular weight is 276 g/mol. The Morgan fingerprint density at radius 3 is 3.11 bits per heavy atom. The second-order valence-corrected chi connectivity index (χ2v) is 6.67. The minimum atomic E-state index is -0.0612. The summed E-state index contributed by atoms with van der Waals surface area (Å²) in [7, 11) is 0. The van der Waals surface area contributed by atoms with Gasteiger partial charge in [-0.25, -0.2) is 5.43 Å². The van der Waals surface area contributed by atoms with Crippen molar-refractivity contribution in [1.29, 1.82) is 0 Å². The molecule has 2 saturated carbocycles. The van der Waals surface area contributed by atoms with E-state index in [9.17, 15) is 4.79 Å². The van der Waals surface area contributed by atoms with Crippen LogP contribution in [0.25, 0.3) is 0 Å². The van der Waals surface area contributed by atoms with Gasteiger partial charge in [-0.1, -0.05) is 13.3 Å². The SMILES string of the molecule is CCCc1cc(C(=O)NN=C2CC3CCC2C3)cs1. The molecular weight excluding hydrogens is 256 g/mol. The Bertz CT molecular complexity index is 506. The summed E-state index contributed by atoms with van der Waals surface area (Å²) in [5, 5.41) is 6.29. The van der Waals surface area contributed by atoms with Crippen LogP contribution in [-0.2, 0) is 6.42 Å². The van der Waals surface area contributed by atoms with Crippen molar-refractivity contribution < 1.29 is 4.79 Å².